The van der Waals surface area contributed by atoms with Crippen LogP contribution >= 0.6 is 11.6 Å². The number of benzene rings is 1. The molecule has 0 atom stereocenters. The first kappa shape index (κ1) is 18.0. The van der Waals surface area contributed by atoms with E-state index in [1.165, 1.54) is 0 Å². The Balaban J connectivity index is 3.00. The molecule has 0 spiro atoms. The molecule has 0 unspecified atom stereocenters. The van der Waals surface area contributed by atoms with E-state index in [4.69, 9.17) is 21.4 Å². The van der Waals surface area contributed by atoms with Gasteiger partial charge in [-0.3, -0.25) is 5.32 Å². The molecule has 1 amide bonds. The largest absolute Gasteiger partial charge is 0.478 e. The molecule has 1 aromatic rings. The predicted molar refractivity (Wildman–Crippen MR) is 87.2 cm³/mol. The summed E-state index contributed by atoms with van der Waals surface area (Å²) in [5, 5.41) is 11.9. The molecule has 0 radical (unpaired) electrons. The lowest BCUT2D eigenvalue weighted by molar-refractivity contribution is -0.132. The molecule has 0 fully saturated rings. The molecule has 0 aliphatic carbocycles. The Morgan fingerprint density at radius 2 is 2.00 bits per heavy atom. The lowest BCUT2D eigenvalue weighted by atomic mass is 10.1. The van der Waals surface area contributed by atoms with Crippen molar-refractivity contribution in [2.75, 3.05) is 5.32 Å². The molecular formula is C16H20ClNO4. The monoisotopic (exact) mass is 325 g/mol. The summed E-state index contributed by atoms with van der Waals surface area (Å²) in [6, 6.07) is 4.88. The Morgan fingerprint density at radius 1 is 1.36 bits per heavy atom. The lowest BCUT2D eigenvalue weighted by Crippen LogP contribution is -2.27. The number of carbonyl (C=O) groups excluding carboxylic acids is 1. The number of carbonyl (C=O) groups is 2. The van der Waals surface area contributed by atoms with Gasteiger partial charge in [0.25, 0.3) is 0 Å². The van der Waals surface area contributed by atoms with Crippen molar-refractivity contribution in [3.8, 4) is 0 Å². The van der Waals surface area contributed by atoms with E-state index in [0.717, 1.165) is 0 Å². The van der Waals surface area contributed by atoms with Gasteiger partial charge in [0.15, 0.2) is 0 Å². The second kappa shape index (κ2) is 7.31. The SMILES string of the molecule is CCC(=Cc1ccc(Cl)c(NC(=O)OC(C)(C)C)c1)C(=O)O. The fraction of sp³-hybridized carbons (Fsp3) is 0.375. The van der Waals surface area contributed by atoms with Crippen LogP contribution in [0, 0.1) is 0 Å². The molecule has 6 heteroatoms. The van der Waals surface area contributed by atoms with E-state index in [2.05, 4.69) is 5.32 Å². The number of aliphatic carboxylic acids is 1. The van der Waals surface area contributed by atoms with Crippen LogP contribution in [0.1, 0.15) is 39.7 Å². The number of halogens is 1. The lowest BCUT2D eigenvalue weighted by Gasteiger charge is -2.20. The first-order valence-electron chi connectivity index (χ1n) is 6.86. The van der Waals surface area contributed by atoms with Crippen LogP contribution in [0.25, 0.3) is 6.08 Å². The number of carboxylic acid groups (broad SMARTS) is 1. The molecule has 0 aliphatic rings. The highest BCUT2D eigenvalue weighted by molar-refractivity contribution is 6.33. The van der Waals surface area contributed by atoms with Gasteiger partial charge in [-0.2, -0.15) is 0 Å². The zero-order valence-electron chi connectivity index (χ0n) is 13.1. The topological polar surface area (TPSA) is 75.6 Å². The molecule has 5 nitrogen and oxygen atoms in total. The zero-order valence-corrected chi connectivity index (χ0v) is 13.8. The smallest absolute Gasteiger partial charge is 0.412 e. The summed E-state index contributed by atoms with van der Waals surface area (Å²) in [5.74, 6) is -0.973. The molecule has 1 aromatic carbocycles. The number of carboxylic acids is 1. The predicted octanol–water partition coefficient (Wildman–Crippen LogP) is 4.57. The van der Waals surface area contributed by atoms with E-state index >= 15 is 0 Å². The summed E-state index contributed by atoms with van der Waals surface area (Å²) in [4.78, 5) is 22.8. The highest BCUT2D eigenvalue weighted by Crippen LogP contribution is 2.25. The second-order valence-electron chi connectivity index (χ2n) is 5.69. The van der Waals surface area contributed by atoms with Crippen molar-refractivity contribution in [3.63, 3.8) is 0 Å². The number of ether oxygens (including phenoxy) is 1. The van der Waals surface area contributed by atoms with Crippen molar-refractivity contribution in [1.29, 1.82) is 0 Å². The molecule has 0 heterocycles. The van der Waals surface area contributed by atoms with Gasteiger partial charge in [0, 0.05) is 5.57 Å². The molecule has 22 heavy (non-hydrogen) atoms. The van der Waals surface area contributed by atoms with E-state index in [-0.39, 0.29) is 5.57 Å². The fourth-order valence-corrected chi connectivity index (χ4v) is 1.82. The normalized spacial score (nSPS) is 12.0. The third-order valence-corrected chi connectivity index (χ3v) is 2.95. The van der Waals surface area contributed by atoms with Crippen molar-refractivity contribution in [1.82, 2.24) is 0 Å². The average molecular weight is 326 g/mol. The summed E-state index contributed by atoms with van der Waals surface area (Å²) in [5.41, 5.74) is 0.651. The molecular weight excluding hydrogens is 306 g/mol. The van der Waals surface area contributed by atoms with Crippen LogP contribution in [0.5, 0.6) is 0 Å². The van der Waals surface area contributed by atoms with Gasteiger partial charge in [0.05, 0.1) is 10.7 Å². The average Bonchev–Trinajstić information content (AvgIpc) is 2.36. The summed E-state index contributed by atoms with van der Waals surface area (Å²) in [6.07, 6.45) is 1.32. The maximum Gasteiger partial charge on any atom is 0.412 e. The molecule has 0 aromatic heterocycles. The molecule has 120 valence electrons. The van der Waals surface area contributed by atoms with Crippen molar-refractivity contribution in [2.45, 2.75) is 39.7 Å². The van der Waals surface area contributed by atoms with Gasteiger partial charge in [0.2, 0.25) is 0 Å². The molecule has 1 rings (SSSR count). The molecule has 0 saturated heterocycles. The maximum atomic E-state index is 11.8. The summed E-state index contributed by atoms with van der Waals surface area (Å²) in [6.45, 7) is 7.03. The minimum Gasteiger partial charge on any atom is -0.478 e. The Bertz CT molecular complexity index is 603. The Morgan fingerprint density at radius 3 is 2.50 bits per heavy atom. The first-order valence-corrected chi connectivity index (χ1v) is 7.23. The Hall–Kier alpha value is -2.01. The second-order valence-corrected chi connectivity index (χ2v) is 6.10. The standard InChI is InChI=1S/C16H20ClNO4/c1-5-11(14(19)20)8-10-6-7-12(17)13(9-10)18-15(21)22-16(2,3)4/h6-9H,5H2,1-4H3,(H,18,21)(H,19,20). The summed E-state index contributed by atoms with van der Waals surface area (Å²) < 4.78 is 5.16. The Labute approximate surface area is 134 Å². The van der Waals surface area contributed by atoms with Crippen LogP contribution in [-0.4, -0.2) is 22.8 Å². The van der Waals surface area contributed by atoms with Crippen molar-refractivity contribution in [2.24, 2.45) is 0 Å². The number of rotatable bonds is 4. The molecule has 2 N–H and O–H groups in total. The van der Waals surface area contributed by atoms with Gasteiger partial charge >= 0.3 is 12.1 Å². The van der Waals surface area contributed by atoms with Crippen molar-refractivity contribution < 1.29 is 19.4 Å². The molecule has 0 saturated carbocycles. The summed E-state index contributed by atoms with van der Waals surface area (Å²) in [7, 11) is 0. The molecule has 0 aliphatic heterocycles. The minimum atomic E-state index is -0.973. The van der Waals surface area contributed by atoms with Gasteiger partial charge < -0.3 is 9.84 Å². The van der Waals surface area contributed by atoms with Gasteiger partial charge in [-0.25, -0.2) is 9.59 Å². The van der Waals surface area contributed by atoms with Crippen molar-refractivity contribution in [3.05, 3.63) is 34.4 Å². The highest BCUT2D eigenvalue weighted by Gasteiger charge is 2.17. The Kier molecular flexibility index (Phi) is 6.00. The van der Waals surface area contributed by atoms with Crippen LogP contribution in [0.3, 0.4) is 0 Å². The minimum absolute atomic E-state index is 0.269. The summed E-state index contributed by atoms with van der Waals surface area (Å²) >= 11 is 6.04. The number of nitrogens with one attached hydrogen (secondary N) is 1. The fourth-order valence-electron chi connectivity index (χ4n) is 1.66. The van der Waals surface area contributed by atoms with E-state index in [1.807, 2.05) is 0 Å². The van der Waals surface area contributed by atoms with Gasteiger partial charge in [-0.05, 0) is 51.0 Å². The number of hydrogen-bond donors (Lipinski definition) is 2. The number of hydrogen-bond acceptors (Lipinski definition) is 3. The van der Waals surface area contributed by atoms with Crippen LogP contribution in [0.4, 0.5) is 10.5 Å². The number of amides is 1. The van der Waals surface area contributed by atoms with E-state index < -0.39 is 17.7 Å². The number of anilines is 1. The van der Waals surface area contributed by atoms with Gasteiger partial charge in [-0.15, -0.1) is 0 Å². The van der Waals surface area contributed by atoms with Crippen LogP contribution in [0.15, 0.2) is 23.8 Å². The highest BCUT2D eigenvalue weighted by atomic mass is 35.5. The maximum absolute atomic E-state index is 11.8. The molecule has 0 bridgehead atoms. The first-order chi connectivity index (χ1) is 10.1. The van der Waals surface area contributed by atoms with E-state index in [0.29, 0.717) is 22.7 Å². The third kappa shape index (κ3) is 5.77. The zero-order chi connectivity index (χ0) is 16.9. The van der Waals surface area contributed by atoms with Gasteiger partial charge in [-0.1, -0.05) is 24.6 Å². The third-order valence-electron chi connectivity index (χ3n) is 2.62. The van der Waals surface area contributed by atoms with Gasteiger partial charge in [0.1, 0.15) is 5.60 Å². The van der Waals surface area contributed by atoms with Crippen molar-refractivity contribution >= 4 is 35.4 Å². The van der Waals surface area contributed by atoms with Crippen LogP contribution in [-0.2, 0) is 9.53 Å². The quantitative estimate of drug-likeness (QED) is 0.795. The van der Waals surface area contributed by atoms with E-state index in [1.54, 1.807) is 52.0 Å². The van der Waals surface area contributed by atoms with E-state index in [9.17, 15) is 9.59 Å². The van der Waals surface area contributed by atoms with Crippen LogP contribution < -0.4 is 5.32 Å². The van der Waals surface area contributed by atoms with Crippen LogP contribution in [0.2, 0.25) is 5.02 Å².